The number of aryl methyl sites for hydroxylation is 1. The molecular weight excluding hydrogens is 318 g/mol. The van der Waals surface area contributed by atoms with E-state index in [1.807, 2.05) is 0 Å². The number of ether oxygens (including phenoxy) is 2. The van der Waals surface area contributed by atoms with E-state index in [1.165, 1.54) is 12.1 Å². The lowest BCUT2D eigenvalue weighted by Crippen LogP contribution is -2.63. The van der Waals surface area contributed by atoms with Crippen LogP contribution in [0.25, 0.3) is 11.0 Å². The van der Waals surface area contributed by atoms with Gasteiger partial charge in [-0.15, -0.1) is 0 Å². The first kappa shape index (κ1) is 16.9. The van der Waals surface area contributed by atoms with Crippen molar-refractivity contribution in [3.63, 3.8) is 0 Å². The van der Waals surface area contributed by atoms with Gasteiger partial charge in [-0.2, -0.15) is 0 Å². The summed E-state index contributed by atoms with van der Waals surface area (Å²) < 4.78 is 16.2. The highest BCUT2D eigenvalue weighted by Crippen LogP contribution is 2.26. The van der Waals surface area contributed by atoms with Gasteiger partial charge in [0.25, 0.3) is 0 Å². The Balaban J connectivity index is 1.87. The van der Waals surface area contributed by atoms with Crippen LogP contribution >= 0.6 is 0 Å². The molecule has 2 heterocycles. The van der Waals surface area contributed by atoms with Crippen molar-refractivity contribution in [1.82, 2.24) is 0 Å². The zero-order valence-electron chi connectivity index (χ0n) is 13.0. The number of hydrogen-bond donors (Lipinski definition) is 4. The first-order valence-corrected chi connectivity index (χ1v) is 7.50. The van der Waals surface area contributed by atoms with Crippen molar-refractivity contribution in [3.05, 3.63) is 40.2 Å². The number of benzene rings is 1. The Bertz CT molecular complexity index is 788. The van der Waals surface area contributed by atoms with Crippen molar-refractivity contribution in [3.8, 4) is 5.75 Å². The molecule has 3 rings (SSSR count). The molecule has 1 aliphatic rings. The molecule has 5 N–H and O–H groups in total. The summed E-state index contributed by atoms with van der Waals surface area (Å²) in [5, 5.41) is 29.7. The van der Waals surface area contributed by atoms with Gasteiger partial charge in [-0.05, 0) is 24.6 Å². The molecule has 1 aromatic heterocycles. The second-order valence-electron chi connectivity index (χ2n) is 5.81. The van der Waals surface area contributed by atoms with E-state index < -0.39 is 42.9 Å². The van der Waals surface area contributed by atoms with Crippen LogP contribution in [0, 0.1) is 6.92 Å². The normalized spacial score (nSPS) is 30.5. The number of aliphatic hydroxyl groups excluding tert-OH is 3. The monoisotopic (exact) mass is 337 g/mol. The second-order valence-corrected chi connectivity index (χ2v) is 5.81. The molecule has 1 aliphatic heterocycles. The molecule has 130 valence electrons. The summed E-state index contributed by atoms with van der Waals surface area (Å²) >= 11 is 0. The Morgan fingerprint density at radius 1 is 1.25 bits per heavy atom. The van der Waals surface area contributed by atoms with Crippen molar-refractivity contribution in [2.75, 3.05) is 6.61 Å². The molecule has 24 heavy (non-hydrogen) atoms. The fourth-order valence-electron chi connectivity index (χ4n) is 2.72. The van der Waals surface area contributed by atoms with Crippen molar-refractivity contribution < 1.29 is 29.2 Å². The zero-order chi connectivity index (χ0) is 17.4. The smallest absolute Gasteiger partial charge is 0.336 e. The molecule has 0 aliphatic carbocycles. The van der Waals surface area contributed by atoms with Crippen molar-refractivity contribution in [2.45, 2.75) is 37.6 Å². The SMILES string of the molecule is Cc1cc(=O)oc2cc(O[C@H]3O[C@H](CO)[C@@H](O)[C@H](O)[C@@H]3N)ccc12. The molecule has 0 amide bonds. The molecule has 0 bridgehead atoms. The fraction of sp³-hybridized carbons (Fsp3) is 0.438. The maximum absolute atomic E-state index is 11.5. The highest BCUT2D eigenvalue weighted by Gasteiger charge is 2.43. The van der Waals surface area contributed by atoms with Gasteiger partial charge in [0.05, 0.1) is 12.6 Å². The summed E-state index contributed by atoms with van der Waals surface area (Å²) in [4.78, 5) is 11.5. The van der Waals surface area contributed by atoms with Crippen LogP contribution in [0.5, 0.6) is 5.75 Å². The predicted octanol–water partition coefficient (Wildman–Crippen LogP) is -0.753. The van der Waals surface area contributed by atoms with Crippen molar-refractivity contribution in [1.29, 1.82) is 0 Å². The Labute approximate surface area is 137 Å². The number of aliphatic hydroxyl groups is 3. The largest absolute Gasteiger partial charge is 0.463 e. The lowest BCUT2D eigenvalue weighted by Gasteiger charge is -2.40. The average molecular weight is 337 g/mol. The molecule has 8 heteroatoms. The molecular formula is C16H19NO7. The number of fused-ring (bicyclic) bond motifs is 1. The van der Waals surface area contributed by atoms with E-state index in [0.29, 0.717) is 11.3 Å². The molecule has 0 spiro atoms. The third kappa shape index (κ3) is 3.02. The topological polar surface area (TPSA) is 135 Å². The maximum Gasteiger partial charge on any atom is 0.336 e. The molecule has 1 fully saturated rings. The quantitative estimate of drug-likeness (QED) is 0.537. The van der Waals surface area contributed by atoms with E-state index in [-0.39, 0.29) is 0 Å². The minimum absolute atomic E-state index is 0.317. The van der Waals surface area contributed by atoms with E-state index in [2.05, 4.69) is 0 Å². The van der Waals surface area contributed by atoms with Crippen molar-refractivity contribution in [2.24, 2.45) is 5.73 Å². The van der Waals surface area contributed by atoms with Crippen LogP contribution in [0.4, 0.5) is 0 Å². The van der Waals surface area contributed by atoms with Crippen LogP contribution in [0.1, 0.15) is 5.56 Å². The van der Waals surface area contributed by atoms with Gasteiger partial charge < -0.3 is 34.9 Å². The predicted molar refractivity (Wildman–Crippen MR) is 83.6 cm³/mol. The fourth-order valence-corrected chi connectivity index (χ4v) is 2.72. The van der Waals surface area contributed by atoms with E-state index >= 15 is 0 Å². The molecule has 5 atom stereocenters. The first-order chi connectivity index (χ1) is 11.4. The van der Waals surface area contributed by atoms with Crippen LogP contribution in [-0.4, -0.2) is 52.6 Å². The summed E-state index contributed by atoms with van der Waals surface area (Å²) in [5.41, 5.74) is 6.48. The molecule has 8 nitrogen and oxygen atoms in total. The summed E-state index contributed by atoms with van der Waals surface area (Å²) in [6, 6.07) is 5.28. The molecule has 0 radical (unpaired) electrons. The van der Waals surface area contributed by atoms with Gasteiger partial charge in [0.1, 0.15) is 29.6 Å². The molecule has 0 saturated carbocycles. The van der Waals surface area contributed by atoms with E-state index in [4.69, 9.17) is 19.6 Å². The third-order valence-corrected chi connectivity index (χ3v) is 4.10. The minimum Gasteiger partial charge on any atom is -0.463 e. The first-order valence-electron chi connectivity index (χ1n) is 7.50. The van der Waals surface area contributed by atoms with Crippen LogP contribution in [-0.2, 0) is 4.74 Å². The number of nitrogens with two attached hydrogens (primary N) is 1. The third-order valence-electron chi connectivity index (χ3n) is 4.10. The standard InChI is InChI=1S/C16H19NO7/c1-7-4-12(19)23-10-5-8(2-3-9(7)10)22-16-13(17)15(21)14(20)11(6-18)24-16/h2-5,11,13-16,18,20-21H,6,17H2,1H3/t11-,13+,14-,15-,16+/m1/s1. The van der Waals surface area contributed by atoms with Crippen LogP contribution in [0.15, 0.2) is 33.5 Å². The summed E-state index contributed by atoms with van der Waals surface area (Å²) in [7, 11) is 0. The van der Waals surface area contributed by atoms with E-state index in [9.17, 15) is 20.1 Å². The van der Waals surface area contributed by atoms with Crippen LogP contribution in [0.2, 0.25) is 0 Å². The number of rotatable bonds is 3. The zero-order valence-corrected chi connectivity index (χ0v) is 13.0. The average Bonchev–Trinajstić information content (AvgIpc) is 2.55. The summed E-state index contributed by atoms with van der Waals surface area (Å²) in [6.07, 6.45) is -4.69. The van der Waals surface area contributed by atoms with Gasteiger partial charge in [-0.3, -0.25) is 0 Å². The molecule has 1 aromatic carbocycles. The summed E-state index contributed by atoms with van der Waals surface area (Å²) in [5.74, 6) is 0.317. The molecule has 0 unspecified atom stereocenters. The van der Waals surface area contributed by atoms with E-state index in [0.717, 1.165) is 10.9 Å². The van der Waals surface area contributed by atoms with Gasteiger partial charge in [0.2, 0.25) is 6.29 Å². The minimum atomic E-state index is -1.30. The number of hydrogen-bond acceptors (Lipinski definition) is 8. The van der Waals surface area contributed by atoms with Crippen LogP contribution < -0.4 is 16.1 Å². The van der Waals surface area contributed by atoms with Crippen LogP contribution in [0.3, 0.4) is 0 Å². The molecule has 2 aromatic rings. The lowest BCUT2D eigenvalue weighted by atomic mass is 9.98. The Hall–Kier alpha value is -1.97. The van der Waals surface area contributed by atoms with Gasteiger partial charge in [0.15, 0.2) is 0 Å². The second kappa shape index (κ2) is 6.50. The highest BCUT2D eigenvalue weighted by atomic mass is 16.7. The van der Waals surface area contributed by atoms with Crippen molar-refractivity contribution >= 4 is 11.0 Å². The highest BCUT2D eigenvalue weighted by molar-refractivity contribution is 5.81. The lowest BCUT2D eigenvalue weighted by molar-refractivity contribution is -0.239. The Kier molecular flexibility index (Phi) is 4.57. The van der Waals surface area contributed by atoms with Gasteiger partial charge in [0, 0.05) is 17.5 Å². The summed E-state index contributed by atoms with van der Waals surface area (Å²) in [6.45, 7) is 1.31. The van der Waals surface area contributed by atoms with Gasteiger partial charge >= 0.3 is 5.63 Å². The van der Waals surface area contributed by atoms with Gasteiger partial charge in [-0.25, -0.2) is 4.79 Å². The maximum atomic E-state index is 11.5. The molecule has 1 saturated heterocycles. The Morgan fingerprint density at radius 3 is 2.71 bits per heavy atom. The Morgan fingerprint density at radius 2 is 2.00 bits per heavy atom. The van der Waals surface area contributed by atoms with Gasteiger partial charge in [-0.1, -0.05) is 0 Å². The van der Waals surface area contributed by atoms with E-state index in [1.54, 1.807) is 19.1 Å².